The first-order valence-corrected chi connectivity index (χ1v) is 11.1. The Kier molecular flexibility index (Phi) is 5.63. The van der Waals surface area contributed by atoms with Crippen LogP contribution in [0.3, 0.4) is 0 Å². The molecule has 0 saturated carbocycles. The Morgan fingerprint density at radius 3 is 2.59 bits per heavy atom. The second-order valence-electron chi connectivity index (χ2n) is 8.03. The number of carbonyl (C=O) groups is 3. The monoisotopic (exact) mass is 473 g/mol. The first kappa shape index (κ1) is 21.9. The van der Waals surface area contributed by atoms with Gasteiger partial charge in [-0.3, -0.25) is 19.3 Å². The maximum atomic E-state index is 13.5. The zero-order valence-corrected chi connectivity index (χ0v) is 19.0. The Hall–Kier alpha value is -3.97. The summed E-state index contributed by atoms with van der Waals surface area (Å²) in [5.74, 6) is -1.03. The maximum absolute atomic E-state index is 13.5. The number of halogens is 1. The van der Waals surface area contributed by atoms with E-state index in [9.17, 15) is 14.4 Å². The number of fused-ring (bicyclic) bond motifs is 1. The van der Waals surface area contributed by atoms with Crippen molar-refractivity contribution in [2.75, 3.05) is 18.6 Å². The average molecular weight is 474 g/mol. The maximum Gasteiger partial charge on any atom is 0.299 e. The number of benzene rings is 3. The Balaban J connectivity index is 1.48. The molecule has 5 rings (SSSR count). The molecule has 3 aromatic carbocycles. The highest BCUT2D eigenvalue weighted by Crippen LogP contribution is 2.35. The van der Waals surface area contributed by atoms with Crippen molar-refractivity contribution >= 4 is 40.6 Å². The summed E-state index contributed by atoms with van der Waals surface area (Å²) in [6.45, 7) is -0.291. The molecule has 0 spiro atoms. The molecule has 0 bridgehead atoms. The zero-order valence-electron chi connectivity index (χ0n) is 18.3. The Bertz CT molecular complexity index is 1340. The van der Waals surface area contributed by atoms with Gasteiger partial charge in [-0.25, -0.2) is 5.01 Å². The van der Waals surface area contributed by atoms with Gasteiger partial charge in [-0.15, -0.1) is 0 Å². The smallest absolute Gasteiger partial charge is 0.299 e. The van der Waals surface area contributed by atoms with E-state index in [-0.39, 0.29) is 12.6 Å². The van der Waals surface area contributed by atoms with Crippen LogP contribution in [0.4, 0.5) is 5.69 Å². The lowest BCUT2D eigenvalue weighted by Crippen LogP contribution is -2.40. The van der Waals surface area contributed by atoms with E-state index in [2.05, 4.69) is 5.10 Å². The standard InChI is InChI=1S/C26H20ClN3O4/c1-34-19-6-4-5-17(13-19)21-14-23(16-9-11-18(27)12-10-16)30(28-21)24(31)15-29-22-8-3-2-7-20(22)25(32)26(29)33/h2-13,23H,14-15H2,1H3. The molecule has 170 valence electrons. The molecule has 0 N–H and O–H groups in total. The van der Waals surface area contributed by atoms with E-state index in [0.29, 0.717) is 28.4 Å². The van der Waals surface area contributed by atoms with E-state index in [1.165, 1.54) is 9.91 Å². The number of ether oxygens (including phenoxy) is 1. The Morgan fingerprint density at radius 1 is 1.06 bits per heavy atom. The van der Waals surface area contributed by atoms with Crippen LogP contribution < -0.4 is 9.64 Å². The fraction of sp³-hybridized carbons (Fsp3) is 0.154. The quantitative estimate of drug-likeness (QED) is 0.519. The molecule has 1 atom stereocenters. The summed E-state index contributed by atoms with van der Waals surface area (Å²) in [6.07, 6.45) is 0.476. The van der Waals surface area contributed by atoms with Crippen molar-refractivity contribution in [2.24, 2.45) is 5.10 Å². The highest BCUT2D eigenvalue weighted by molar-refractivity contribution is 6.52. The lowest BCUT2D eigenvalue weighted by atomic mass is 9.98. The van der Waals surface area contributed by atoms with Crippen molar-refractivity contribution in [3.05, 3.63) is 94.5 Å². The van der Waals surface area contributed by atoms with Crippen LogP contribution in [-0.4, -0.2) is 42.0 Å². The molecule has 2 aliphatic heterocycles. The van der Waals surface area contributed by atoms with Crippen LogP contribution in [0.2, 0.25) is 5.02 Å². The van der Waals surface area contributed by atoms with Crippen LogP contribution in [0.25, 0.3) is 0 Å². The number of para-hydroxylation sites is 1. The highest BCUT2D eigenvalue weighted by Gasteiger charge is 2.40. The van der Waals surface area contributed by atoms with E-state index in [1.54, 1.807) is 43.5 Å². The first-order valence-electron chi connectivity index (χ1n) is 10.7. The summed E-state index contributed by atoms with van der Waals surface area (Å²) in [7, 11) is 1.59. The number of anilines is 1. The fourth-order valence-electron chi connectivity index (χ4n) is 4.27. The molecular weight excluding hydrogens is 454 g/mol. The summed E-state index contributed by atoms with van der Waals surface area (Å²) < 4.78 is 5.33. The van der Waals surface area contributed by atoms with Gasteiger partial charge in [0.15, 0.2) is 0 Å². The van der Waals surface area contributed by atoms with Crippen LogP contribution in [-0.2, 0) is 9.59 Å². The van der Waals surface area contributed by atoms with Gasteiger partial charge in [0, 0.05) is 17.0 Å². The van der Waals surface area contributed by atoms with Gasteiger partial charge in [-0.05, 0) is 42.0 Å². The topological polar surface area (TPSA) is 79.3 Å². The summed E-state index contributed by atoms with van der Waals surface area (Å²) >= 11 is 6.07. The molecule has 1 unspecified atom stereocenters. The number of Topliss-reactive ketones (excluding diaryl/α,β-unsaturated/α-hetero) is 1. The number of amides is 2. The van der Waals surface area contributed by atoms with Crippen LogP contribution in [0.5, 0.6) is 5.75 Å². The van der Waals surface area contributed by atoms with E-state index in [4.69, 9.17) is 16.3 Å². The van der Waals surface area contributed by atoms with Crippen molar-refractivity contribution in [3.63, 3.8) is 0 Å². The van der Waals surface area contributed by atoms with Crippen molar-refractivity contribution in [1.82, 2.24) is 5.01 Å². The number of methoxy groups -OCH3 is 1. The van der Waals surface area contributed by atoms with Gasteiger partial charge in [0.1, 0.15) is 12.3 Å². The van der Waals surface area contributed by atoms with Crippen LogP contribution in [0.1, 0.15) is 33.9 Å². The number of hydrogen-bond acceptors (Lipinski definition) is 5. The second-order valence-corrected chi connectivity index (χ2v) is 8.46. The summed E-state index contributed by atoms with van der Waals surface area (Å²) in [5, 5.41) is 6.63. The molecule has 34 heavy (non-hydrogen) atoms. The minimum atomic E-state index is -0.714. The van der Waals surface area contributed by atoms with E-state index in [1.807, 2.05) is 36.4 Å². The number of hydrazone groups is 1. The predicted molar refractivity (Wildman–Crippen MR) is 128 cm³/mol. The van der Waals surface area contributed by atoms with Gasteiger partial charge in [-0.1, -0.05) is 48.0 Å². The van der Waals surface area contributed by atoms with Crippen LogP contribution in [0, 0.1) is 0 Å². The molecule has 3 aromatic rings. The van der Waals surface area contributed by atoms with Crippen molar-refractivity contribution in [3.8, 4) is 5.75 Å². The normalized spacial score (nSPS) is 17.1. The van der Waals surface area contributed by atoms with Gasteiger partial charge >= 0.3 is 0 Å². The molecule has 7 nitrogen and oxygen atoms in total. The molecule has 8 heteroatoms. The molecule has 2 heterocycles. The van der Waals surface area contributed by atoms with Crippen LogP contribution in [0.15, 0.2) is 77.9 Å². The molecule has 2 amide bonds. The molecule has 2 aliphatic rings. The number of ketones is 1. The van der Waals surface area contributed by atoms with Crippen molar-refractivity contribution in [2.45, 2.75) is 12.5 Å². The molecule has 0 radical (unpaired) electrons. The Labute approximate surface area is 201 Å². The van der Waals surface area contributed by atoms with Crippen molar-refractivity contribution < 1.29 is 19.1 Å². The molecule has 0 aliphatic carbocycles. The van der Waals surface area contributed by atoms with E-state index in [0.717, 1.165) is 16.8 Å². The summed E-state index contributed by atoms with van der Waals surface area (Å²) in [6, 6.07) is 21.0. The lowest BCUT2D eigenvalue weighted by Gasteiger charge is -2.24. The minimum Gasteiger partial charge on any atom is -0.497 e. The summed E-state index contributed by atoms with van der Waals surface area (Å²) in [5.41, 5.74) is 3.16. The third-order valence-electron chi connectivity index (χ3n) is 6.00. The number of rotatable bonds is 5. The number of hydrogen-bond donors (Lipinski definition) is 0. The molecular formula is C26H20ClN3O4. The molecule has 0 fully saturated rings. The van der Waals surface area contributed by atoms with E-state index >= 15 is 0 Å². The molecule has 0 saturated heterocycles. The highest BCUT2D eigenvalue weighted by atomic mass is 35.5. The van der Waals surface area contributed by atoms with Crippen LogP contribution >= 0.6 is 11.6 Å². The number of carbonyl (C=O) groups excluding carboxylic acids is 3. The zero-order chi connectivity index (χ0) is 23.8. The lowest BCUT2D eigenvalue weighted by molar-refractivity contribution is -0.132. The van der Waals surface area contributed by atoms with Gasteiger partial charge in [0.25, 0.3) is 17.6 Å². The van der Waals surface area contributed by atoms with Gasteiger partial charge in [-0.2, -0.15) is 5.10 Å². The van der Waals surface area contributed by atoms with Crippen molar-refractivity contribution in [1.29, 1.82) is 0 Å². The Morgan fingerprint density at radius 2 is 1.82 bits per heavy atom. The van der Waals surface area contributed by atoms with Gasteiger partial charge in [0.05, 0.1) is 30.1 Å². The predicted octanol–water partition coefficient (Wildman–Crippen LogP) is 4.26. The average Bonchev–Trinajstić information content (AvgIpc) is 3.41. The molecule has 0 aromatic heterocycles. The number of nitrogens with zero attached hydrogens (tertiary/aromatic N) is 3. The minimum absolute atomic E-state index is 0.291. The van der Waals surface area contributed by atoms with E-state index < -0.39 is 17.6 Å². The second kappa shape index (κ2) is 8.76. The third kappa shape index (κ3) is 3.84. The van der Waals surface area contributed by atoms with Gasteiger partial charge < -0.3 is 4.74 Å². The van der Waals surface area contributed by atoms with Gasteiger partial charge in [0.2, 0.25) is 0 Å². The summed E-state index contributed by atoms with van der Waals surface area (Å²) in [4.78, 5) is 39.7. The SMILES string of the molecule is COc1cccc(C2=NN(C(=O)CN3C(=O)C(=O)c4ccccc43)C(c3ccc(Cl)cc3)C2)c1. The first-order chi connectivity index (χ1) is 16.5. The fourth-order valence-corrected chi connectivity index (χ4v) is 4.40. The third-order valence-corrected chi connectivity index (χ3v) is 6.25. The largest absolute Gasteiger partial charge is 0.497 e.